The molecule has 5 heteroatoms. The summed E-state index contributed by atoms with van der Waals surface area (Å²) in [5.74, 6) is 0.787. The Morgan fingerprint density at radius 3 is 2.77 bits per heavy atom. The first-order valence-corrected chi connectivity index (χ1v) is 9.50. The summed E-state index contributed by atoms with van der Waals surface area (Å²) in [5, 5.41) is 5.49. The van der Waals surface area contributed by atoms with Crippen molar-refractivity contribution in [1.29, 1.82) is 0 Å². The third-order valence-electron chi connectivity index (χ3n) is 3.98. The summed E-state index contributed by atoms with van der Waals surface area (Å²) < 4.78 is 5.60. The molecule has 0 atom stereocenters. The molecular formula is C21H22N2O2S. The van der Waals surface area contributed by atoms with E-state index >= 15 is 0 Å². The quantitative estimate of drug-likeness (QED) is 0.583. The van der Waals surface area contributed by atoms with Gasteiger partial charge in [-0.15, -0.1) is 11.3 Å². The molecule has 0 unspecified atom stereocenters. The van der Waals surface area contributed by atoms with Gasteiger partial charge < -0.3 is 10.1 Å². The van der Waals surface area contributed by atoms with Crippen LogP contribution in [-0.2, 0) is 4.79 Å². The molecule has 1 amide bonds. The van der Waals surface area contributed by atoms with Crippen molar-refractivity contribution in [2.75, 3.05) is 11.9 Å². The Hall–Kier alpha value is -2.66. The molecule has 0 aliphatic carbocycles. The fourth-order valence-corrected chi connectivity index (χ4v) is 3.31. The minimum Gasteiger partial charge on any atom is -0.494 e. The molecular weight excluding hydrogens is 344 g/mol. The van der Waals surface area contributed by atoms with E-state index in [1.165, 1.54) is 22.5 Å². The van der Waals surface area contributed by atoms with E-state index in [4.69, 9.17) is 4.74 Å². The van der Waals surface area contributed by atoms with Crippen LogP contribution in [0.2, 0.25) is 0 Å². The molecule has 0 saturated heterocycles. The summed E-state index contributed by atoms with van der Waals surface area (Å²) in [6.45, 7) is 4.65. The van der Waals surface area contributed by atoms with E-state index in [1.807, 2.05) is 35.7 Å². The van der Waals surface area contributed by atoms with Crippen LogP contribution in [0.5, 0.6) is 5.75 Å². The van der Waals surface area contributed by atoms with Crippen molar-refractivity contribution in [3.63, 3.8) is 0 Å². The molecule has 0 aliphatic rings. The number of anilines is 1. The van der Waals surface area contributed by atoms with Crippen LogP contribution >= 0.6 is 11.3 Å². The van der Waals surface area contributed by atoms with Crippen LogP contribution in [0.4, 0.5) is 5.13 Å². The Morgan fingerprint density at radius 2 is 1.96 bits per heavy atom. The third-order valence-corrected chi connectivity index (χ3v) is 4.74. The lowest BCUT2D eigenvalue weighted by atomic mass is 10.0. The molecule has 3 rings (SSSR count). The van der Waals surface area contributed by atoms with Crippen LogP contribution in [0.1, 0.15) is 24.0 Å². The second-order valence-corrected chi connectivity index (χ2v) is 7.03. The molecule has 26 heavy (non-hydrogen) atoms. The highest BCUT2D eigenvalue weighted by molar-refractivity contribution is 7.14. The summed E-state index contributed by atoms with van der Waals surface area (Å²) in [6, 6.07) is 15.9. The number of aryl methyl sites for hydroxylation is 2. The molecule has 3 aromatic rings. The summed E-state index contributed by atoms with van der Waals surface area (Å²) in [7, 11) is 0. The molecule has 0 bridgehead atoms. The Kier molecular flexibility index (Phi) is 6.02. The molecule has 0 aliphatic heterocycles. The zero-order chi connectivity index (χ0) is 18.4. The molecule has 134 valence electrons. The molecule has 0 radical (unpaired) electrons. The number of carbonyl (C=O) groups excluding carboxylic acids is 1. The number of thiazole rings is 1. The molecule has 1 heterocycles. The minimum atomic E-state index is -0.0384. The molecule has 0 saturated carbocycles. The number of nitrogens with one attached hydrogen (secondary N) is 1. The Labute approximate surface area is 157 Å². The minimum absolute atomic E-state index is 0.0384. The number of aromatic nitrogens is 1. The zero-order valence-corrected chi connectivity index (χ0v) is 15.8. The monoisotopic (exact) mass is 366 g/mol. The summed E-state index contributed by atoms with van der Waals surface area (Å²) >= 11 is 1.45. The highest BCUT2D eigenvalue weighted by atomic mass is 32.1. The number of carbonyl (C=O) groups is 1. The van der Waals surface area contributed by atoms with Crippen LogP contribution in [0.25, 0.3) is 11.3 Å². The van der Waals surface area contributed by atoms with Gasteiger partial charge in [-0.1, -0.05) is 35.9 Å². The second-order valence-electron chi connectivity index (χ2n) is 6.17. The Morgan fingerprint density at radius 1 is 1.15 bits per heavy atom. The summed E-state index contributed by atoms with van der Waals surface area (Å²) in [5.41, 5.74) is 4.39. The van der Waals surface area contributed by atoms with Crippen molar-refractivity contribution in [2.45, 2.75) is 26.7 Å². The lowest BCUT2D eigenvalue weighted by molar-refractivity contribution is -0.116. The van der Waals surface area contributed by atoms with E-state index in [1.54, 1.807) is 0 Å². The van der Waals surface area contributed by atoms with Gasteiger partial charge in [0.2, 0.25) is 5.91 Å². The molecule has 1 aromatic heterocycles. The van der Waals surface area contributed by atoms with E-state index < -0.39 is 0 Å². The lowest BCUT2D eigenvalue weighted by Gasteiger charge is -2.06. The van der Waals surface area contributed by atoms with E-state index in [0.29, 0.717) is 24.6 Å². The predicted molar refractivity (Wildman–Crippen MR) is 107 cm³/mol. The highest BCUT2D eigenvalue weighted by Gasteiger charge is 2.10. The van der Waals surface area contributed by atoms with E-state index in [0.717, 1.165) is 17.0 Å². The van der Waals surface area contributed by atoms with Gasteiger partial charge in [0.1, 0.15) is 5.75 Å². The second kappa shape index (κ2) is 8.63. The van der Waals surface area contributed by atoms with Gasteiger partial charge in [-0.05, 0) is 44.0 Å². The van der Waals surface area contributed by atoms with Crippen molar-refractivity contribution < 1.29 is 9.53 Å². The number of rotatable bonds is 7. The van der Waals surface area contributed by atoms with Gasteiger partial charge in [-0.2, -0.15) is 0 Å². The van der Waals surface area contributed by atoms with Gasteiger partial charge in [0.25, 0.3) is 0 Å². The Balaban J connectivity index is 1.49. The SMILES string of the molecule is Cc1ccc(C)c(-c2csc(NC(=O)CCCOc3ccccc3)n2)c1. The smallest absolute Gasteiger partial charge is 0.226 e. The van der Waals surface area contributed by atoms with Crippen molar-refractivity contribution >= 4 is 22.4 Å². The van der Waals surface area contributed by atoms with Crippen molar-refractivity contribution in [3.05, 3.63) is 65.0 Å². The van der Waals surface area contributed by atoms with Crippen molar-refractivity contribution in [2.24, 2.45) is 0 Å². The lowest BCUT2D eigenvalue weighted by Crippen LogP contribution is -2.12. The zero-order valence-electron chi connectivity index (χ0n) is 15.0. The molecule has 2 aromatic carbocycles. The summed E-state index contributed by atoms with van der Waals surface area (Å²) in [4.78, 5) is 16.6. The first-order chi connectivity index (χ1) is 12.6. The van der Waals surface area contributed by atoms with Crippen molar-refractivity contribution in [3.8, 4) is 17.0 Å². The first-order valence-electron chi connectivity index (χ1n) is 8.62. The van der Waals surface area contributed by atoms with Gasteiger partial charge in [-0.3, -0.25) is 4.79 Å². The first kappa shape index (κ1) is 18.1. The fraction of sp³-hybridized carbons (Fsp3) is 0.238. The van der Waals surface area contributed by atoms with Crippen LogP contribution in [-0.4, -0.2) is 17.5 Å². The molecule has 1 N–H and O–H groups in total. The van der Waals surface area contributed by atoms with Gasteiger partial charge in [0.05, 0.1) is 12.3 Å². The average Bonchev–Trinajstić information content (AvgIpc) is 3.10. The number of hydrogen-bond donors (Lipinski definition) is 1. The predicted octanol–water partition coefficient (Wildman–Crippen LogP) is 5.22. The number of nitrogens with zero attached hydrogens (tertiary/aromatic N) is 1. The van der Waals surface area contributed by atoms with Gasteiger partial charge in [0.15, 0.2) is 5.13 Å². The number of benzene rings is 2. The van der Waals surface area contributed by atoms with Crippen LogP contribution in [0, 0.1) is 13.8 Å². The van der Waals surface area contributed by atoms with Gasteiger partial charge in [0, 0.05) is 17.4 Å². The maximum Gasteiger partial charge on any atom is 0.226 e. The fourth-order valence-electron chi connectivity index (χ4n) is 2.59. The van der Waals surface area contributed by atoms with E-state index in [2.05, 4.69) is 42.3 Å². The van der Waals surface area contributed by atoms with Crippen LogP contribution in [0.15, 0.2) is 53.9 Å². The highest BCUT2D eigenvalue weighted by Crippen LogP contribution is 2.28. The molecule has 4 nitrogen and oxygen atoms in total. The largest absolute Gasteiger partial charge is 0.494 e. The van der Waals surface area contributed by atoms with E-state index in [-0.39, 0.29) is 5.91 Å². The number of amides is 1. The normalized spacial score (nSPS) is 10.5. The standard InChI is InChI=1S/C21H22N2O2S/c1-15-10-11-16(2)18(13-15)19-14-26-21(22-19)23-20(24)9-6-12-25-17-7-4-3-5-8-17/h3-5,7-8,10-11,13-14H,6,9,12H2,1-2H3,(H,22,23,24). The number of ether oxygens (including phenoxy) is 1. The topological polar surface area (TPSA) is 51.2 Å². The van der Waals surface area contributed by atoms with E-state index in [9.17, 15) is 4.79 Å². The van der Waals surface area contributed by atoms with Crippen molar-refractivity contribution in [1.82, 2.24) is 4.98 Å². The number of hydrogen-bond acceptors (Lipinski definition) is 4. The molecule has 0 fully saturated rings. The third kappa shape index (κ3) is 4.92. The van der Waals surface area contributed by atoms with Crippen LogP contribution < -0.4 is 10.1 Å². The van der Waals surface area contributed by atoms with Gasteiger partial charge >= 0.3 is 0 Å². The number of para-hydroxylation sites is 1. The molecule has 0 spiro atoms. The average molecular weight is 366 g/mol. The van der Waals surface area contributed by atoms with Gasteiger partial charge in [-0.25, -0.2) is 4.98 Å². The summed E-state index contributed by atoms with van der Waals surface area (Å²) in [6.07, 6.45) is 1.07. The maximum absolute atomic E-state index is 12.1. The Bertz CT molecular complexity index is 875. The maximum atomic E-state index is 12.1. The van der Waals surface area contributed by atoms with Crippen LogP contribution in [0.3, 0.4) is 0 Å².